The molecule has 0 atom stereocenters. The molecule has 82 valence electrons. The van der Waals surface area contributed by atoms with Gasteiger partial charge in [-0.15, -0.1) is 12.4 Å². The first-order valence-corrected chi connectivity index (χ1v) is 5.02. The Kier molecular flexibility index (Phi) is 3.78. The summed E-state index contributed by atoms with van der Waals surface area (Å²) in [5.41, 5.74) is 0.554. The Hall–Kier alpha value is -0.280. The molecule has 0 aromatic carbocycles. The van der Waals surface area contributed by atoms with Crippen molar-refractivity contribution in [1.82, 2.24) is 5.32 Å². The van der Waals surface area contributed by atoms with Crippen LogP contribution in [0, 0.1) is 11.3 Å². The highest BCUT2D eigenvalue weighted by Gasteiger charge is 2.46. The molecule has 1 aliphatic carbocycles. The highest BCUT2D eigenvalue weighted by Crippen LogP contribution is 2.50. The average Bonchev–Trinajstić information content (AvgIpc) is 2.52. The topological polar surface area (TPSA) is 38.3 Å². The molecule has 1 saturated heterocycles. The van der Waals surface area contributed by atoms with E-state index in [1.165, 1.54) is 26.4 Å². The number of ether oxygens (including phenoxy) is 1. The van der Waals surface area contributed by atoms with Crippen LogP contribution in [0.2, 0.25) is 0 Å². The van der Waals surface area contributed by atoms with Gasteiger partial charge < -0.3 is 10.1 Å². The first-order chi connectivity index (χ1) is 6.24. The third-order valence-electron chi connectivity index (χ3n) is 3.46. The number of halogens is 1. The van der Waals surface area contributed by atoms with Gasteiger partial charge in [0.2, 0.25) is 0 Å². The van der Waals surface area contributed by atoms with Crippen LogP contribution in [0.25, 0.3) is 0 Å². The second-order valence-corrected chi connectivity index (χ2v) is 4.48. The van der Waals surface area contributed by atoms with Crippen LogP contribution in [0.15, 0.2) is 0 Å². The zero-order chi connectivity index (χ0) is 9.31. The molecule has 2 rings (SSSR count). The minimum absolute atomic E-state index is 0. The van der Waals surface area contributed by atoms with Crippen molar-refractivity contribution >= 4 is 18.4 Å². The van der Waals surface area contributed by atoms with Gasteiger partial charge in [-0.3, -0.25) is 4.79 Å². The summed E-state index contributed by atoms with van der Waals surface area (Å²) in [4.78, 5) is 11.0. The number of esters is 1. The summed E-state index contributed by atoms with van der Waals surface area (Å²) in [5.74, 6) is 0.540. The van der Waals surface area contributed by atoms with E-state index in [0.29, 0.717) is 17.8 Å². The normalized spacial score (nSPS) is 34.8. The van der Waals surface area contributed by atoms with E-state index in [4.69, 9.17) is 0 Å². The maximum absolute atomic E-state index is 11.0. The molecule has 2 aliphatic rings. The second-order valence-electron chi connectivity index (χ2n) is 4.48. The van der Waals surface area contributed by atoms with E-state index < -0.39 is 0 Å². The zero-order valence-corrected chi connectivity index (χ0v) is 9.36. The van der Waals surface area contributed by atoms with E-state index in [9.17, 15) is 4.79 Å². The molecule has 1 spiro atoms. The van der Waals surface area contributed by atoms with Crippen LogP contribution in [0.1, 0.15) is 25.7 Å². The molecule has 1 saturated carbocycles. The smallest absolute Gasteiger partial charge is 0.305 e. The summed E-state index contributed by atoms with van der Waals surface area (Å²) in [7, 11) is 1.47. The van der Waals surface area contributed by atoms with Crippen LogP contribution < -0.4 is 5.32 Å². The number of rotatable bonds is 2. The summed E-state index contributed by atoms with van der Waals surface area (Å²) in [5, 5.41) is 3.39. The van der Waals surface area contributed by atoms with Crippen molar-refractivity contribution in [3.8, 4) is 0 Å². The first kappa shape index (κ1) is 11.8. The summed E-state index contributed by atoms with van der Waals surface area (Å²) < 4.78 is 4.65. The Bertz CT molecular complexity index is 206. The lowest BCUT2D eigenvalue weighted by atomic mass is 9.60. The van der Waals surface area contributed by atoms with Crippen LogP contribution >= 0.6 is 12.4 Å². The molecule has 1 heterocycles. The molecule has 0 bridgehead atoms. The van der Waals surface area contributed by atoms with Crippen LogP contribution in [0.5, 0.6) is 0 Å². The highest BCUT2D eigenvalue weighted by atomic mass is 35.5. The minimum atomic E-state index is -0.0502. The van der Waals surface area contributed by atoms with Crippen LogP contribution in [0.3, 0.4) is 0 Å². The fraction of sp³-hybridized carbons (Fsp3) is 0.900. The molecule has 2 fully saturated rings. The Morgan fingerprint density at radius 1 is 1.57 bits per heavy atom. The third-order valence-corrected chi connectivity index (χ3v) is 3.46. The Balaban J connectivity index is 0.000000980. The lowest BCUT2D eigenvalue weighted by Crippen LogP contribution is -2.39. The summed E-state index contributed by atoms with van der Waals surface area (Å²) in [6.45, 7) is 2.32. The van der Waals surface area contributed by atoms with Crippen molar-refractivity contribution in [3.05, 3.63) is 0 Å². The molecule has 0 amide bonds. The van der Waals surface area contributed by atoms with E-state index in [-0.39, 0.29) is 18.4 Å². The molecule has 4 heteroatoms. The third kappa shape index (κ3) is 2.20. The van der Waals surface area contributed by atoms with Gasteiger partial charge in [0.25, 0.3) is 0 Å². The summed E-state index contributed by atoms with van der Waals surface area (Å²) in [6, 6.07) is 0. The van der Waals surface area contributed by atoms with Crippen molar-refractivity contribution in [2.24, 2.45) is 11.3 Å². The van der Waals surface area contributed by atoms with Gasteiger partial charge >= 0.3 is 5.97 Å². The number of carbonyl (C=O) groups excluding carboxylic acids is 1. The molecule has 0 radical (unpaired) electrons. The van der Waals surface area contributed by atoms with Crippen molar-refractivity contribution in [1.29, 1.82) is 0 Å². The maximum atomic E-state index is 11.0. The second kappa shape index (κ2) is 4.49. The molecule has 1 N–H and O–H groups in total. The predicted octanol–water partition coefficient (Wildman–Crippen LogP) is 1.36. The van der Waals surface area contributed by atoms with Crippen LogP contribution in [-0.4, -0.2) is 26.2 Å². The van der Waals surface area contributed by atoms with E-state index in [2.05, 4.69) is 10.1 Å². The SMILES string of the molecule is COC(=O)CC1CC2(CCNC2)C1.Cl. The molecular weight excluding hydrogens is 202 g/mol. The van der Waals surface area contributed by atoms with Gasteiger partial charge in [-0.05, 0) is 37.1 Å². The predicted molar refractivity (Wildman–Crippen MR) is 56.5 cm³/mol. The standard InChI is InChI=1S/C10H17NO2.ClH/c1-13-9(12)4-8-5-10(6-8)2-3-11-7-10;/h8,11H,2-7H2,1H3;1H. The highest BCUT2D eigenvalue weighted by molar-refractivity contribution is 5.85. The number of hydrogen-bond acceptors (Lipinski definition) is 3. The van der Waals surface area contributed by atoms with Gasteiger partial charge in [-0.2, -0.15) is 0 Å². The molecule has 14 heavy (non-hydrogen) atoms. The summed E-state index contributed by atoms with van der Waals surface area (Å²) in [6.07, 6.45) is 4.35. The van der Waals surface area contributed by atoms with Gasteiger partial charge in [0.15, 0.2) is 0 Å². The molecule has 0 aromatic rings. The average molecular weight is 220 g/mol. The van der Waals surface area contributed by atoms with Crippen LogP contribution in [0.4, 0.5) is 0 Å². The maximum Gasteiger partial charge on any atom is 0.305 e. The molecule has 1 aliphatic heterocycles. The Labute approximate surface area is 91.0 Å². The van der Waals surface area contributed by atoms with Crippen LogP contribution in [-0.2, 0) is 9.53 Å². The largest absolute Gasteiger partial charge is 0.469 e. The number of nitrogens with one attached hydrogen (secondary N) is 1. The van der Waals surface area contributed by atoms with E-state index in [1.807, 2.05) is 0 Å². The molecule has 0 unspecified atom stereocenters. The van der Waals surface area contributed by atoms with Crippen molar-refractivity contribution in [2.75, 3.05) is 20.2 Å². The van der Waals surface area contributed by atoms with E-state index in [1.54, 1.807) is 0 Å². The van der Waals surface area contributed by atoms with Gasteiger partial charge in [0.05, 0.1) is 7.11 Å². The lowest BCUT2D eigenvalue weighted by Gasteiger charge is -2.44. The quantitative estimate of drug-likeness (QED) is 0.713. The zero-order valence-electron chi connectivity index (χ0n) is 8.54. The lowest BCUT2D eigenvalue weighted by molar-refractivity contribution is -0.143. The fourth-order valence-electron chi connectivity index (χ4n) is 2.77. The number of methoxy groups -OCH3 is 1. The number of hydrogen-bond donors (Lipinski definition) is 1. The van der Waals surface area contributed by atoms with Crippen molar-refractivity contribution < 1.29 is 9.53 Å². The molecular formula is C10H18ClNO2. The monoisotopic (exact) mass is 219 g/mol. The molecule has 3 nitrogen and oxygen atoms in total. The van der Waals surface area contributed by atoms with Crippen molar-refractivity contribution in [2.45, 2.75) is 25.7 Å². The number of carbonyl (C=O) groups is 1. The van der Waals surface area contributed by atoms with Gasteiger partial charge in [-0.25, -0.2) is 0 Å². The fourth-order valence-corrected chi connectivity index (χ4v) is 2.77. The Morgan fingerprint density at radius 2 is 2.29 bits per heavy atom. The first-order valence-electron chi connectivity index (χ1n) is 5.02. The van der Waals surface area contributed by atoms with Gasteiger partial charge in [0, 0.05) is 13.0 Å². The van der Waals surface area contributed by atoms with E-state index in [0.717, 1.165) is 13.1 Å². The van der Waals surface area contributed by atoms with Crippen molar-refractivity contribution in [3.63, 3.8) is 0 Å². The van der Waals surface area contributed by atoms with Gasteiger partial charge in [0.1, 0.15) is 0 Å². The Morgan fingerprint density at radius 3 is 2.79 bits per heavy atom. The van der Waals surface area contributed by atoms with Gasteiger partial charge in [-0.1, -0.05) is 0 Å². The van der Waals surface area contributed by atoms with E-state index >= 15 is 0 Å². The molecule has 0 aromatic heterocycles. The minimum Gasteiger partial charge on any atom is -0.469 e. The summed E-state index contributed by atoms with van der Waals surface area (Å²) >= 11 is 0.